The second-order valence-corrected chi connectivity index (χ2v) is 4.37. The Kier molecular flexibility index (Phi) is 6.42. The van der Waals surface area contributed by atoms with Gasteiger partial charge in [-0.1, -0.05) is 6.92 Å². The minimum Gasteiger partial charge on any atom is -0.381 e. The maximum Gasteiger partial charge on any atom is 0.237 e. The van der Waals surface area contributed by atoms with Crippen molar-refractivity contribution < 1.29 is 9.53 Å². The standard InChI is InChI=1S/C12H24N2O2/c1-3-7-16-9-10-5-6-14-11(8-10)12(15)13-4-2/h10-11,14H,3-9H2,1-2H3,(H,13,15). The first kappa shape index (κ1) is 13.5. The van der Waals surface area contributed by atoms with Gasteiger partial charge in [0.15, 0.2) is 0 Å². The van der Waals surface area contributed by atoms with Gasteiger partial charge in [-0.15, -0.1) is 0 Å². The molecule has 0 aromatic rings. The molecule has 0 saturated carbocycles. The Labute approximate surface area is 98.1 Å². The number of likely N-dealkylation sites (N-methyl/N-ethyl adjacent to an activating group) is 1. The largest absolute Gasteiger partial charge is 0.381 e. The first-order valence-corrected chi connectivity index (χ1v) is 6.36. The van der Waals surface area contributed by atoms with Crippen molar-refractivity contribution in [2.75, 3.05) is 26.3 Å². The van der Waals surface area contributed by atoms with E-state index in [1.165, 1.54) is 0 Å². The summed E-state index contributed by atoms with van der Waals surface area (Å²) in [5.74, 6) is 0.656. The number of piperidine rings is 1. The molecule has 0 aromatic heterocycles. The SMILES string of the molecule is CCCOCC1CCNC(C(=O)NCC)C1. The Morgan fingerprint density at radius 3 is 3.00 bits per heavy atom. The molecular weight excluding hydrogens is 204 g/mol. The Morgan fingerprint density at radius 2 is 2.31 bits per heavy atom. The van der Waals surface area contributed by atoms with E-state index >= 15 is 0 Å². The fraction of sp³-hybridized carbons (Fsp3) is 0.917. The molecule has 1 heterocycles. The molecule has 1 rings (SSSR count). The molecule has 0 aromatic carbocycles. The van der Waals surface area contributed by atoms with Gasteiger partial charge in [0.1, 0.15) is 0 Å². The number of hydrogen-bond donors (Lipinski definition) is 2. The van der Waals surface area contributed by atoms with Crippen LogP contribution in [0.5, 0.6) is 0 Å². The molecule has 1 aliphatic rings. The highest BCUT2D eigenvalue weighted by molar-refractivity contribution is 5.81. The van der Waals surface area contributed by atoms with Crippen molar-refractivity contribution in [3.05, 3.63) is 0 Å². The molecule has 0 bridgehead atoms. The molecule has 2 atom stereocenters. The third-order valence-electron chi connectivity index (χ3n) is 2.88. The van der Waals surface area contributed by atoms with Crippen LogP contribution < -0.4 is 10.6 Å². The Hall–Kier alpha value is -0.610. The van der Waals surface area contributed by atoms with Gasteiger partial charge in [0.2, 0.25) is 5.91 Å². The zero-order valence-corrected chi connectivity index (χ0v) is 10.4. The molecule has 4 heteroatoms. The summed E-state index contributed by atoms with van der Waals surface area (Å²) in [7, 11) is 0. The highest BCUT2D eigenvalue weighted by atomic mass is 16.5. The second-order valence-electron chi connectivity index (χ2n) is 4.37. The summed E-state index contributed by atoms with van der Waals surface area (Å²) in [6.07, 6.45) is 3.07. The summed E-state index contributed by atoms with van der Waals surface area (Å²) >= 11 is 0. The average molecular weight is 228 g/mol. The van der Waals surface area contributed by atoms with Crippen LogP contribution in [0, 0.1) is 5.92 Å². The summed E-state index contributed by atoms with van der Waals surface area (Å²) < 4.78 is 5.55. The molecule has 1 amide bonds. The topological polar surface area (TPSA) is 50.4 Å². The Balaban J connectivity index is 2.26. The van der Waals surface area contributed by atoms with Gasteiger partial charge in [-0.05, 0) is 38.6 Å². The van der Waals surface area contributed by atoms with Gasteiger partial charge in [-0.3, -0.25) is 4.79 Å². The lowest BCUT2D eigenvalue weighted by Crippen LogP contribution is -2.49. The van der Waals surface area contributed by atoms with E-state index in [1.807, 2.05) is 6.92 Å². The van der Waals surface area contributed by atoms with Crippen molar-refractivity contribution in [2.24, 2.45) is 5.92 Å². The van der Waals surface area contributed by atoms with E-state index < -0.39 is 0 Å². The van der Waals surface area contributed by atoms with Gasteiger partial charge in [0, 0.05) is 19.8 Å². The van der Waals surface area contributed by atoms with Crippen molar-refractivity contribution in [1.29, 1.82) is 0 Å². The van der Waals surface area contributed by atoms with Gasteiger partial charge in [-0.25, -0.2) is 0 Å². The van der Waals surface area contributed by atoms with Crippen LogP contribution in [0.4, 0.5) is 0 Å². The normalized spacial score (nSPS) is 25.4. The average Bonchev–Trinajstić information content (AvgIpc) is 2.30. The van der Waals surface area contributed by atoms with Crippen LogP contribution in [0.25, 0.3) is 0 Å². The van der Waals surface area contributed by atoms with E-state index in [1.54, 1.807) is 0 Å². The summed E-state index contributed by atoms with van der Waals surface area (Å²) in [6, 6.07) is -0.0241. The molecule has 2 N–H and O–H groups in total. The van der Waals surface area contributed by atoms with Crippen molar-refractivity contribution in [3.63, 3.8) is 0 Å². The zero-order chi connectivity index (χ0) is 11.8. The van der Waals surface area contributed by atoms with Crippen LogP contribution in [-0.4, -0.2) is 38.3 Å². The van der Waals surface area contributed by atoms with Crippen molar-refractivity contribution >= 4 is 5.91 Å². The number of amides is 1. The number of carbonyl (C=O) groups is 1. The third-order valence-corrected chi connectivity index (χ3v) is 2.88. The van der Waals surface area contributed by atoms with Crippen LogP contribution >= 0.6 is 0 Å². The van der Waals surface area contributed by atoms with Gasteiger partial charge in [0.05, 0.1) is 6.04 Å². The van der Waals surface area contributed by atoms with Crippen molar-refractivity contribution in [2.45, 2.75) is 39.2 Å². The first-order valence-electron chi connectivity index (χ1n) is 6.36. The maximum atomic E-state index is 11.7. The van der Waals surface area contributed by atoms with Crippen molar-refractivity contribution in [3.8, 4) is 0 Å². The summed E-state index contributed by atoms with van der Waals surface area (Å²) in [4.78, 5) is 11.7. The van der Waals surface area contributed by atoms with Crippen LogP contribution in [0.1, 0.15) is 33.1 Å². The molecule has 4 nitrogen and oxygen atoms in total. The van der Waals surface area contributed by atoms with E-state index in [4.69, 9.17) is 4.74 Å². The maximum absolute atomic E-state index is 11.7. The van der Waals surface area contributed by atoms with Gasteiger partial charge < -0.3 is 15.4 Å². The molecule has 0 radical (unpaired) electrons. The van der Waals surface area contributed by atoms with E-state index in [2.05, 4.69) is 17.6 Å². The first-order chi connectivity index (χ1) is 7.77. The molecule has 94 valence electrons. The van der Waals surface area contributed by atoms with Gasteiger partial charge in [0.25, 0.3) is 0 Å². The lowest BCUT2D eigenvalue weighted by molar-refractivity contribution is -0.124. The molecular formula is C12H24N2O2. The van der Waals surface area contributed by atoms with Crippen LogP contribution in [-0.2, 0) is 9.53 Å². The predicted octanol–water partition coefficient (Wildman–Crippen LogP) is 0.917. The highest BCUT2D eigenvalue weighted by Gasteiger charge is 2.26. The Morgan fingerprint density at radius 1 is 1.50 bits per heavy atom. The number of ether oxygens (including phenoxy) is 1. The molecule has 2 unspecified atom stereocenters. The smallest absolute Gasteiger partial charge is 0.237 e. The number of carbonyl (C=O) groups excluding carboxylic acids is 1. The summed E-state index contributed by atoms with van der Waals surface area (Å²) in [5, 5.41) is 6.12. The lowest BCUT2D eigenvalue weighted by atomic mass is 9.93. The fourth-order valence-corrected chi connectivity index (χ4v) is 2.04. The van der Waals surface area contributed by atoms with E-state index in [0.717, 1.165) is 39.0 Å². The van der Waals surface area contributed by atoms with Crippen LogP contribution in [0.2, 0.25) is 0 Å². The molecule has 1 aliphatic heterocycles. The lowest BCUT2D eigenvalue weighted by Gasteiger charge is -2.29. The fourth-order valence-electron chi connectivity index (χ4n) is 2.04. The van der Waals surface area contributed by atoms with Crippen LogP contribution in [0.15, 0.2) is 0 Å². The zero-order valence-electron chi connectivity index (χ0n) is 10.4. The van der Waals surface area contributed by atoms with E-state index in [9.17, 15) is 4.79 Å². The van der Waals surface area contributed by atoms with Gasteiger partial charge >= 0.3 is 0 Å². The minimum atomic E-state index is -0.0241. The number of rotatable bonds is 6. The quantitative estimate of drug-likeness (QED) is 0.665. The predicted molar refractivity (Wildman–Crippen MR) is 64.3 cm³/mol. The molecule has 16 heavy (non-hydrogen) atoms. The molecule has 1 saturated heterocycles. The van der Waals surface area contributed by atoms with Crippen LogP contribution in [0.3, 0.4) is 0 Å². The van der Waals surface area contributed by atoms with Crippen molar-refractivity contribution in [1.82, 2.24) is 10.6 Å². The van der Waals surface area contributed by atoms with E-state index in [-0.39, 0.29) is 11.9 Å². The third kappa shape index (κ3) is 4.49. The van der Waals surface area contributed by atoms with E-state index in [0.29, 0.717) is 12.5 Å². The minimum absolute atomic E-state index is 0.0241. The molecule has 0 aliphatic carbocycles. The summed E-state index contributed by atoms with van der Waals surface area (Å²) in [5.41, 5.74) is 0. The highest BCUT2D eigenvalue weighted by Crippen LogP contribution is 2.16. The monoisotopic (exact) mass is 228 g/mol. The number of hydrogen-bond acceptors (Lipinski definition) is 3. The molecule has 1 fully saturated rings. The summed E-state index contributed by atoms with van der Waals surface area (Å²) in [6.45, 7) is 7.31. The van der Waals surface area contributed by atoms with Gasteiger partial charge in [-0.2, -0.15) is 0 Å². The second kappa shape index (κ2) is 7.63. The number of nitrogens with one attached hydrogen (secondary N) is 2. The molecule has 0 spiro atoms. The Bertz CT molecular complexity index is 209.